The number of hydrogen-bond donors (Lipinski definition) is 2. The summed E-state index contributed by atoms with van der Waals surface area (Å²) in [6, 6.07) is 6.15. The number of nitrogens with one attached hydrogen (secondary N) is 2. The van der Waals surface area contributed by atoms with Crippen molar-refractivity contribution >= 4 is 44.9 Å². The Morgan fingerprint density at radius 1 is 1.24 bits per heavy atom. The van der Waals surface area contributed by atoms with E-state index in [0.29, 0.717) is 11.4 Å². The van der Waals surface area contributed by atoms with Gasteiger partial charge in [0.25, 0.3) is 5.91 Å². The number of ether oxygens (including phenoxy) is 1. The fourth-order valence-corrected chi connectivity index (χ4v) is 3.06. The van der Waals surface area contributed by atoms with E-state index in [1.54, 1.807) is 19.1 Å². The third-order valence-electron chi connectivity index (χ3n) is 3.78. The van der Waals surface area contributed by atoms with Gasteiger partial charge in [0.2, 0.25) is 0 Å². The molecule has 0 spiro atoms. The highest BCUT2D eigenvalue weighted by Gasteiger charge is 2.22. The summed E-state index contributed by atoms with van der Waals surface area (Å²) >= 11 is 5.98. The van der Waals surface area contributed by atoms with Crippen LogP contribution in [-0.4, -0.2) is 47.2 Å². The maximum absolute atomic E-state index is 12.3. The van der Waals surface area contributed by atoms with Crippen molar-refractivity contribution in [2.24, 2.45) is 0 Å². The summed E-state index contributed by atoms with van der Waals surface area (Å²) < 4.78 is 35.0. The quantitative estimate of drug-likeness (QED) is 0.447. The second-order valence-electron chi connectivity index (χ2n) is 5.52. The van der Waals surface area contributed by atoms with Gasteiger partial charge in [-0.05, 0) is 25.1 Å². The lowest BCUT2D eigenvalue weighted by molar-refractivity contribution is 0.0365. The summed E-state index contributed by atoms with van der Waals surface area (Å²) in [6.45, 7) is 1.99. The predicted molar refractivity (Wildman–Crippen MR) is 109 cm³/mol. The zero-order valence-electron chi connectivity index (χ0n) is 16.2. The van der Waals surface area contributed by atoms with Gasteiger partial charge in [0.15, 0.2) is 0 Å². The Labute approximate surface area is 173 Å². The first kappa shape index (κ1) is 22.7. The zero-order valence-corrected chi connectivity index (χ0v) is 17.8. The van der Waals surface area contributed by atoms with Crippen LogP contribution in [0.5, 0.6) is 5.75 Å². The van der Waals surface area contributed by atoms with Crippen LogP contribution in [0.25, 0.3) is 0 Å². The van der Waals surface area contributed by atoms with Crippen LogP contribution in [0.15, 0.2) is 30.5 Å². The number of anilines is 3. The van der Waals surface area contributed by atoms with Gasteiger partial charge in [-0.2, -0.15) is 8.42 Å². The van der Waals surface area contributed by atoms with Gasteiger partial charge in [-0.15, -0.1) is 0 Å². The van der Waals surface area contributed by atoms with Crippen molar-refractivity contribution in [1.82, 2.24) is 10.5 Å². The summed E-state index contributed by atoms with van der Waals surface area (Å²) in [6.07, 6.45) is 1.28. The molecule has 2 rings (SSSR count). The number of aromatic nitrogens is 1. The van der Waals surface area contributed by atoms with E-state index in [0.717, 1.165) is 11.4 Å². The fourth-order valence-electron chi connectivity index (χ4n) is 2.29. The molecule has 0 saturated heterocycles. The van der Waals surface area contributed by atoms with Gasteiger partial charge in [-0.1, -0.05) is 11.6 Å². The van der Waals surface area contributed by atoms with Gasteiger partial charge < -0.3 is 10.1 Å². The number of amides is 1. The molecule has 0 atom stereocenters. The topological polar surface area (TPSA) is 119 Å². The van der Waals surface area contributed by atoms with Gasteiger partial charge in [-0.3, -0.25) is 13.8 Å². The maximum Gasteiger partial charge on any atom is 0.362 e. The van der Waals surface area contributed by atoms with E-state index in [-0.39, 0.29) is 28.7 Å². The molecule has 1 aromatic heterocycles. The average molecular weight is 445 g/mol. The number of halogens is 1. The van der Waals surface area contributed by atoms with E-state index >= 15 is 0 Å². The van der Waals surface area contributed by atoms with Crippen molar-refractivity contribution in [3.05, 3.63) is 41.2 Å². The fraction of sp³-hybridized carbons (Fsp3) is 0.294. The SMILES string of the molecule is CCONC(=O)c1cnc(Cl)cc1Nc1ccc(OC)cc1N(C)S(=O)(=O)OC. The molecular formula is C17H21ClN4O6S. The summed E-state index contributed by atoms with van der Waals surface area (Å²) in [5.41, 5.74) is 3.27. The highest BCUT2D eigenvalue weighted by atomic mass is 35.5. The van der Waals surface area contributed by atoms with Crippen LogP contribution in [0.2, 0.25) is 5.15 Å². The molecule has 0 aliphatic heterocycles. The molecule has 1 amide bonds. The Balaban J connectivity index is 2.52. The van der Waals surface area contributed by atoms with E-state index in [2.05, 4.69) is 20.0 Å². The summed E-state index contributed by atoms with van der Waals surface area (Å²) in [7, 11) is -0.209. The van der Waals surface area contributed by atoms with E-state index in [1.165, 1.54) is 32.5 Å². The predicted octanol–water partition coefficient (Wildman–Crippen LogP) is 2.50. The van der Waals surface area contributed by atoms with E-state index < -0.39 is 16.2 Å². The van der Waals surface area contributed by atoms with Crippen molar-refractivity contribution in [2.45, 2.75) is 6.92 Å². The largest absolute Gasteiger partial charge is 0.497 e. The minimum absolute atomic E-state index is 0.133. The Kier molecular flexibility index (Phi) is 7.62. The van der Waals surface area contributed by atoms with Crippen molar-refractivity contribution in [3.8, 4) is 5.75 Å². The van der Waals surface area contributed by atoms with Crippen LogP contribution in [0, 0.1) is 0 Å². The summed E-state index contributed by atoms with van der Waals surface area (Å²) in [4.78, 5) is 21.2. The van der Waals surface area contributed by atoms with Crippen LogP contribution in [0.1, 0.15) is 17.3 Å². The molecular weight excluding hydrogens is 424 g/mol. The molecule has 0 aliphatic carbocycles. The summed E-state index contributed by atoms with van der Waals surface area (Å²) in [5.74, 6) is -0.128. The van der Waals surface area contributed by atoms with Gasteiger partial charge in [0.05, 0.1) is 43.5 Å². The Morgan fingerprint density at radius 3 is 2.59 bits per heavy atom. The van der Waals surface area contributed by atoms with Gasteiger partial charge in [0.1, 0.15) is 10.9 Å². The first-order chi connectivity index (χ1) is 13.7. The molecule has 0 radical (unpaired) electrons. The van der Waals surface area contributed by atoms with Crippen LogP contribution in [-0.2, 0) is 19.3 Å². The molecule has 0 bridgehead atoms. The van der Waals surface area contributed by atoms with Gasteiger partial charge in [0, 0.05) is 19.3 Å². The number of methoxy groups -OCH3 is 1. The molecule has 0 unspecified atom stereocenters. The van der Waals surface area contributed by atoms with Gasteiger partial charge >= 0.3 is 10.3 Å². The Hall–Kier alpha value is -2.60. The molecule has 0 fully saturated rings. The minimum Gasteiger partial charge on any atom is -0.497 e. The Bertz CT molecular complexity index is 986. The highest BCUT2D eigenvalue weighted by molar-refractivity contribution is 7.88. The monoisotopic (exact) mass is 444 g/mol. The molecule has 158 valence electrons. The van der Waals surface area contributed by atoms with Crippen molar-refractivity contribution in [2.75, 3.05) is 37.5 Å². The first-order valence-corrected chi connectivity index (χ1v) is 10.0. The number of carbonyl (C=O) groups is 1. The van der Waals surface area contributed by atoms with E-state index in [9.17, 15) is 13.2 Å². The zero-order chi connectivity index (χ0) is 21.6. The molecule has 10 nitrogen and oxygen atoms in total. The molecule has 0 saturated carbocycles. The lowest BCUT2D eigenvalue weighted by Gasteiger charge is -2.22. The molecule has 1 heterocycles. The van der Waals surface area contributed by atoms with E-state index in [4.69, 9.17) is 21.2 Å². The number of nitrogens with zero attached hydrogens (tertiary/aromatic N) is 2. The molecule has 1 aromatic carbocycles. The molecule has 0 aliphatic rings. The van der Waals surface area contributed by atoms with E-state index in [1.807, 2.05) is 0 Å². The Morgan fingerprint density at radius 2 is 1.97 bits per heavy atom. The molecule has 12 heteroatoms. The molecule has 2 N–H and O–H groups in total. The third kappa shape index (κ3) is 5.48. The van der Waals surface area contributed by atoms with Crippen LogP contribution in [0.4, 0.5) is 17.1 Å². The summed E-state index contributed by atoms with van der Waals surface area (Å²) in [5, 5.41) is 3.14. The standard InChI is InChI=1S/C17H21ClN4O6S/c1-5-28-21-17(23)12-10-19-16(18)9-14(12)20-13-7-6-11(26-3)8-15(13)22(2)29(24,25)27-4/h6-10H,5H2,1-4H3,(H,19,20)(H,21,23). The lowest BCUT2D eigenvalue weighted by atomic mass is 10.2. The lowest BCUT2D eigenvalue weighted by Crippen LogP contribution is -2.28. The molecule has 29 heavy (non-hydrogen) atoms. The number of carbonyl (C=O) groups excluding carboxylic acids is 1. The second kappa shape index (κ2) is 9.74. The number of hydroxylamine groups is 1. The number of rotatable bonds is 9. The van der Waals surface area contributed by atoms with Crippen molar-refractivity contribution < 1.29 is 27.0 Å². The van der Waals surface area contributed by atoms with Crippen LogP contribution >= 0.6 is 11.6 Å². The van der Waals surface area contributed by atoms with Crippen molar-refractivity contribution in [3.63, 3.8) is 0 Å². The van der Waals surface area contributed by atoms with Crippen LogP contribution < -0.4 is 19.8 Å². The number of hydrogen-bond acceptors (Lipinski definition) is 8. The molecule has 2 aromatic rings. The highest BCUT2D eigenvalue weighted by Crippen LogP contribution is 2.35. The van der Waals surface area contributed by atoms with Crippen LogP contribution in [0.3, 0.4) is 0 Å². The number of benzene rings is 1. The maximum atomic E-state index is 12.3. The third-order valence-corrected chi connectivity index (χ3v) is 5.28. The van der Waals surface area contributed by atoms with Gasteiger partial charge in [-0.25, -0.2) is 14.8 Å². The normalized spacial score (nSPS) is 11.1. The second-order valence-corrected chi connectivity index (χ2v) is 7.64. The minimum atomic E-state index is -4.04. The average Bonchev–Trinajstić information content (AvgIpc) is 2.71. The number of pyridine rings is 1. The first-order valence-electron chi connectivity index (χ1n) is 8.30. The van der Waals surface area contributed by atoms with Crippen molar-refractivity contribution in [1.29, 1.82) is 0 Å². The smallest absolute Gasteiger partial charge is 0.362 e.